The van der Waals surface area contributed by atoms with Gasteiger partial charge in [-0.25, -0.2) is 9.59 Å². The topological polar surface area (TPSA) is 91.3 Å². The molecule has 0 spiro atoms. The normalized spacial score (nSPS) is 25.9. The van der Waals surface area contributed by atoms with Gasteiger partial charge in [0.2, 0.25) is 0 Å². The Morgan fingerprint density at radius 2 is 1.47 bits per heavy atom. The number of ether oxygens (including phenoxy) is 4. The van der Waals surface area contributed by atoms with Crippen molar-refractivity contribution in [1.82, 2.24) is 0 Å². The Morgan fingerprint density at radius 1 is 0.967 bits per heavy atom. The fourth-order valence-electron chi connectivity index (χ4n) is 3.07. The van der Waals surface area contributed by atoms with Crippen LogP contribution in [0.3, 0.4) is 0 Å². The second kappa shape index (κ2) is 10.2. The van der Waals surface area contributed by atoms with Crippen LogP contribution in [-0.2, 0) is 18.9 Å². The number of rotatable bonds is 7. The number of carbonyl (C=O) groups is 2. The maximum atomic E-state index is 12.6. The van der Waals surface area contributed by atoms with Crippen LogP contribution in [0.2, 0.25) is 0 Å². The number of hydrogen-bond donors (Lipinski definition) is 1. The van der Waals surface area contributed by atoms with Crippen LogP contribution in [0.1, 0.15) is 27.6 Å². The van der Waals surface area contributed by atoms with E-state index in [4.69, 9.17) is 18.9 Å². The summed E-state index contributed by atoms with van der Waals surface area (Å²) >= 11 is 0. The monoisotopic (exact) mass is 412 g/mol. The molecule has 30 heavy (non-hydrogen) atoms. The molecule has 0 saturated carbocycles. The predicted molar refractivity (Wildman–Crippen MR) is 108 cm³/mol. The third-order valence-electron chi connectivity index (χ3n) is 4.64. The van der Waals surface area contributed by atoms with Crippen molar-refractivity contribution in [3.05, 3.63) is 84.4 Å². The molecular formula is C23H24O7. The minimum Gasteiger partial charge on any atom is -0.452 e. The number of esters is 2. The summed E-state index contributed by atoms with van der Waals surface area (Å²) < 4.78 is 22.4. The molecule has 3 rings (SSSR count). The van der Waals surface area contributed by atoms with E-state index < -0.39 is 42.6 Å². The zero-order valence-corrected chi connectivity index (χ0v) is 16.5. The van der Waals surface area contributed by atoms with Crippen molar-refractivity contribution in [3.8, 4) is 0 Å². The van der Waals surface area contributed by atoms with Gasteiger partial charge in [-0.2, -0.15) is 0 Å². The lowest BCUT2D eigenvalue weighted by atomic mass is 9.99. The Labute approximate surface area is 174 Å². The van der Waals surface area contributed by atoms with Gasteiger partial charge in [-0.05, 0) is 31.2 Å². The predicted octanol–water partition coefficient (Wildman–Crippen LogP) is 2.75. The molecule has 1 fully saturated rings. The Bertz CT molecular complexity index is 852. The van der Waals surface area contributed by atoms with Gasteiger partial charge in [0.15, 0.2) is 18.5 Å². The highest BCUT2D eigenvalue weighted by molar-refractivity contribution is 5.90. The molecular weight excluding hydrogens is 388 g/mol. The van der Waals surface area contributed by atoms with Crippen molar-refractivity contribution in [2.75, 3.05) is 6.61 Å². The summed E-state index contributed by atoms with van der Waals surface area (Å²) in [5.74, 6) is -1.31. The second-order valence-corrected chi connectivity index (χ2v) is 6.79. The molecule has 1 aliphatic rings. The summed E-state index contributed by atoms with van der Waals surface area (Å²) in [6, 6.07) is 16.7. The molecule has 1 N–H and O–H groups in total. The molecule has 7 nitrogen and oxygen atoms in total. The Hall–Kier alpha value is -3.00. The first-order valence-corrected chi connectivity index (χ1v) is 9.59. The van der Waals surface area contributed by atoms with Gasteiger partial charge < -0.3 is 24.1 Å². The van der Waals surface area contributed by atoms with Crippen LogP contribution in [0.4, 0.5) is 0 Å². The van der Waals surface area contributed by atoms with Gasteiger partial charge in [0, 0.05) is 0 Å². The van der Waals surface area contributed by atoms with Gasteiger partial charge in [-0.15, -0.1) is 6.58 Å². The lowest BCUT2D eigenvalue weighted by Gasteiger charge is -2.42. The zero-order valence-electron chi connectivity index (χ0n) is 16.5. The van der Waals surface area contributed by atoms with Gasteiger partial charge in [-0.1, -0.05) is 42.5 Å². The number of aliphatic hydroxyl groups is 1. The largest absolute Gasteiger partial charge is 0.452 e. The molecule has 158 valence electrons. The summed E-state index contributed by atoms with van der Waals surface area (Å²) in [6.07, 6.45) is -3.86. The average molecular weight is 412 g/mol. The maximum absolute atomic E-state index is 12.6. The summed E-state index contributed by atoms with van der Waals surface area (Å²) in [6.45, 7) is 5.33. The maximum Gasteiger partial charge on any atom is 0.338 e. The summed E-state index contributed by atoms with van der Waals surface area (Å²) in [7, 11) is 0. The molecule has 1 saturated heterocycles. The average Bonchev–Trinajstić information content (AvgIpc) is 2.78. The molecule has 7 heteroatoms. The number of carbonyl (C=O) groups excluding carboxylic acids is 2. The van der Waals surface area contributed by atoms with E-state index in [0.717, 1.165) is 0 Å². The third-order valence-corrected chi connectivity index (χ3v) is 4.64. The van der Waals surface area contributed by atoms with E-state index in [1.807, 2.05) is 0 Å². The summed E-state index contributed by atoms with van der Waals surface area (Å²) in [4.78, 5) is 25.3. The minimum atomic E-state index is -1.23. The van der Waals surface area contributed by atoms with E-state index in [0.29, 0.717) is 11.1 Å². The molecule has 0 aliphatic carbocycles. The van der Waals surface area contributed by atoms with Gasteiger partial charge in [-0.3, -0.25) is 0 Å². The number of hydrogen-bond acceptors (Lipinski definition) is 7. The van der Waals surface area contributed by atoms with Crippen LogP contribution in [-0.4, -0.2) is 54.4 Å². The molecule has 0 unspecified atom stereocenters. The SMILES string of the molecule is C=CCO[C@@H]1O[C@@H](C)[C@@H](O)[C@@H](OC(=O)c2ccccc2)[C@@H]1OC(=O)c1ccccc1. The van der Waals surface area contributed by atoms with Crippen LogP contribution >= 0.6 is 0 Å². The minimum absolute atomic E-state index is 0.117. The standard InChI is InChI=1S/C23H24O7/c1-3-14-27-23-20(30-22(26)17-12-8-5-9-13-17)19(18(24)15(2)28-23)29-21(25)16-10-6-4-7-11-16/h3-13,15,18-20,23-24H,1,14H2,2H3/t15-,18+,19+,20-,23+/m0/s1. The molecule has 2 aromatic carbocycles. The molecule has 0 radical (unpaired) electrons. The van der Waals surface area contributed by atoms with Crippen LogP contribution in [0.25, 0.3) is 0 Å². The lowest BCUT2D eigenvalue weighted by Crippen LogP contribution is -2.60. The van der Waals surface area contributed by atoms with E-state index in [1.54, 1.807) is 67.6 Å². The van der Waals surface area contributed by atoms with Crippen molar-refractivity contribution in [1.29, 1.82) is 0 Å². The first-order valence-electron chi connectivity index (χ1n) is 9.59. The van der Waals surface area contributed by atoms with E-state index in [-0.39, 0.29) is 6.61 Å². The smallest absolute Gasteiger partial charge is 0.338 e. The first-order chi connectivity index (χ1) is 14.5. The molecule has 0 aromatic heterocycles. The van der Waals surface area contributed by atoms with Crippen molar-refractivity contribution in [2.45, 2.75) is 37.6 Å². The third kappa shape index (κ3) is 5.13. The molecule has 0 bridgehead atoms. The van der Waals surface area contributed by atoms with Crippen LogP contribution in [0, 0.1) is 0 Å². The van der Waals surface area contributed by atoms with Crippen molar-refractivity contribution < 1.29 is 33.6 Å². The molecule has 1 aliphatic heterocycles. The number of aliphatic hydroxyl groups excluding tert-OH is 1. The molecule has 1 heterocycles. The molecule has 0 amide bonds. The summed E-state index contributed by atoms with van der Waals surface area (Å²) in [5.41, 5.74) is 0.613. The second-order valence-electron chi connectivity index (χ2n) is 6.79. The summed E-state index contributed by atoms with van der Waals surface area (Å²) in [5, 5.41) is 10.7. The fourth-order valence-corrected chi connectivity index (χ4v) is 3.07. The molecule has 5 atom stereocenters. The highest BCUT2D eigenvalue weighted by Crippen LogP contribution is 2.28. The van der Waals surface area contributed by atoms with E-state index in [9.17, 15) is 14.7 Å². The number of benzene rings is 2. The quantitative estimate of drug-likeness (QED) is 0.552. The van der Waals surface area contributed by atoms with Gasteiger partial charge >= 0.3 is 11.9 Å². The van der Waals surface area contributed by atoms with Gasteiger partial charge in [0.25, 0.3) is 0 Å². The van der Waals surface area contributed by atoms with Gasteiger partial charge in [0.05, 0.1) is 23.8 Å². The highest BCUT2D eigenvalue weighted by Gasteiger charge is 2.49. The van der Waals surface area contributed by atoms with Crippen LogP contribution < -0.4 is 0 Å². The fraction of sp³-hybridized carbons (Fsp3) is 0.304. The lowest BCUT2D eigenvalue weighted by molar-refractivity contribution is -0.288. The van der Waals surface area contributed by atoms with Crippen LogP contribution in [0.15, 0.2) is 73.3 Å². The van der Waals surface area contributed by atoms with Crippen molar-refractivity contribution in [2.24, 2.45) is 0 Å². The van der Waals surface area contributed by atoms with E-state index in [1.165, 1.54) is 6.08 Å². The van der Waals surface area contributed by atoms with Crippen molar-refractivity contribution in [3.63, 3.8) is 0 Å². The van der Waals surface area contributed by atoms with Crippen LogP contribution in [0.5, 0.6) is 0 Å². The highest BCUT2D eigenvalue weighted by atomic mass is 16.7. The molecule has 2 aromatic rings. The van der Waals surface area contributed by atoms with E-state index in [2.05, 4.69) is 6.58 Å². The Kier molecular flexibility index (Phi) is 7.35. The van der Waals surface area contributed by atoms with Crippen molar-refractivity contribution >= 4 is 11.9 Å². The first kappa shape index (κ1) is 21.7. The zero-order chi connectivity index (χ0) is 21.5. The Morgan fingerprint density at radius 3 is 1.97 bits per heavy atom. The Balaban J connectivity index is 1.86. The van der Waals surface area contributed by atoms with Gasteiger partial charge in [0.1, 0.15) is 6.10 Å². The van der Waals surface area contributed by atoms with E-state index >= 15 is 0 Å².